The van der Waals surface area contributed by atoms with E-state index in [0.717, 1.165) is 32.3 Å². The van der Waals surface area contributed by atoms with Crippen LogP contribution in [0.3, 0.4) is 0 Å². The highest BCUT2D eigenvalue weighted by Gasteiger charge is 2.50. The van der Waals surface area contributed by atoms with E-state index in [1.54, 1.807) is 7.11 Å². The minimum absolute atomic E-state index is 0.156. The molecule has 0 amide bonds. The van der Waals surface area contributed by atoms with Crippen LogP contribution in [0.5, 0.6) is 0 Å². The molecule has 4 heteroatoms. The van der Waals surface area contributed by atoms with Crippen molar-refractivity contribution in [2.75, 3.05) is 13.7 Å². The normalized spacial score (nSPS) is 44.8. The molecule has 1 saturated heterocycles. The van der Waals surface area contributed by atoms with Crippen LogP contribution in [0.15, 0.2) is 0 Å². The van der Waals surface area contributed by atoms with Gasteiger partial charge in [0.1, 0.15) is 5.78 Å². The smallest absolute Gasteiger partial charge is 0.143 e. The van der Waals surface area contributed by atoms with E-state index in [-0.39, 0.29) is 17.9 Å². The number of fused-ring (bicyclic) bond motifs is 2. The van der Waals surface area contributed by atoms with E-state index in [1.165, 1.54) is 12.8 Å². The maximum absolute atomic E-state index is 12.9. The topological polar surface area (TPSA) is 35.5 Å². The van der Waals surface area contributed by atoms with Crippen molar-refractivity contribution in [2.24, 2.45) is 11.8 Å². The molecular weight excluding hydrogens is 272 g/mol. The number of hydrogen-bond donors (Lipinski definition) is 0. The van der Waals surface area contributed by atoms with Crippen LogP contribution in [0.4, 0.5) is 0 Å². The summed E-state index contributed by atoms with van der Waals surface area (Å²) in [7, 11) is 1.77. The van der Waals surface area contributed by atoms with Gasteiger partial charge in [-0.1, -0.05) is 0 Å². The van der Waals surface area contributed by atoms with Crippen LogP contribution in [0.2, 0.25) is 0 Å². The van der Waals surface area contributed by atoms with Gasteiger partial charge in [0.25, 0.3) is 0 Å². The molecule has 0 aromatic carbocycles. The summed E-state index contributed by atoms with van der Waals surface area (Å²) in [4.78, 5) is 12.9. The minimum Gasteiger partial charge on any atom is -0.381 e. The fourth-order valence-corrected chi connectivity index (χ4v) is 6.35. The number of hydrogen-bond acceptors (Lipinski definition) is 4. The lowest BCUT2D eigenvalue weighted by molar-refractivity contribution is -0.135. The molecular formula is C16H26O3S. The van der Waals surface area contributed by atoms with Crippen LogP contribution in [-0.2, 0) is 14.3 Å². The summed E-state index contributed by atoms with van der Waals surface area (Å²) in [6, 6.07) is 0. The second-order valence-electron chi connectivity index (χ2n) is 6.34. The predicted molar refractivity (Wildman–Crippen MR) is 81.1 cm³/mol. The third-order valence-electron chi connectivity index (χ3n) is 5.27. The van der Waals surface area contributed by atoms with Gasteiger partial charge in [0.05, 0.1) is 18.1 Å². The average molecular weight is 298 g/mol. The Labute approximate surface area is 126 Å². The van der Waals surface area contributed by atoms with Crippen LogP contribution in [0, 0.1) is 11.8 Å². The molecule has 0 bridgehead atoms. The molecule has 1 heterocycles. The molecule has 2 aliphatic carbocycles. The second-order valence-corrected chi connectivity index (χ2v) is 7.83. The summed E-state index contributed by atoms with van der Waals surface area (Å²) in [6.07, 6.45) is 7.12. The van der Waals surface area contributed by atoms with Crippen molar-refractivity contribution in [3.8, 4) is 0 Å². The lowest BCUT2D eigenvalue weighted by Gasteiger charge is -2.47. The summed E-state index contributed by atoms with van der Waals surface area (Å²) in [5.74, 6) is 0.914. The van der Waals surface area contributed by atoms with E-state index >= 15 is 0 Å². The lowest BCUT2D eigenvalue weighted by Crippen LogP contribution is -2.52. The first-order valence-electron chi connectivity index (χ1n) is 8.08. The lowest BCUT2D eigenvalue weighted by atomic mass is 9.73. The molecule has 3 fully saturated rings. The zero-order valence-electron chi connectivity index (χ0n) is 12.5. The van der Waals surface area contributed by atoms with Gasteiger partial charge in [-0.2, -0.15) is 11.8 Å². The summed E-state index contributed by atoms with van der Waals surface area (Å²) in [5.41, 5.74) is 0. The predicted octanol–water partition coefficient (Wildman–Crippen LogP) is 3.06. The van der Waals surface area contributed by atoms with E-state index in [1.807, 2.05) is 0 Å². The van der Waals surface area contributed by atoms with Gasteiger partial charge >= 0.3 is 0 Å². The van der Waals surface area contributed by atoms with Crippen LogP contribution < -0.4 is 0 Å². The molecule has 3 aliphatic rings. The molecule has 0 aromatic heterocycles. The Bertz CT molecular complexity index is 360. The largest absolute Gasteiger partial charge is 0.381 e. The number of carbonyl (C=O) groups excluding carboxylic acids is 1. The summed E-state index contributed by atoms with van der Waals surface area (Å²) in [6.45, 7) is 2.85. The zero-order valence-corrected chi connectivity index (χ0v) is 13.4. The zero-order chi connectivity index (χ0) is 14.1. The molecule has 2 saturated carbocycles. The first-order chi connectivity index (χ1) is 9.74. The van der Waals surface area contributed by atoms with Crippen molar-refractivity contribution in [3.63, 3.8) is 0 Å². The highest BCUT2D eigenvalue weighted by atomic mass is 32.2. The number of methoxy groups -OCH3 is 1. The van der Waals surface area contributed by atoms with Gasteiger partial charge in [-0.3, -0.25) is 4.79 Å². The van der Waals surface area contributed by atoms with Gasteiger partial charge in [-0.15, -0.1) is 0 Å². The van der Waals surface area contributed by atoms with Crippen LogP contribution in [-0.4, -0.2) is 42.2 Å². The van der Waals surface area contributed by atoms with Crippen molar-refractivity contribution in [3.05, 3.63) is 0 Å². The van der Waals surface area contributed by atoms with Crippen LogP contribution in [0.1, 0.15) is 45.4 Å². The monoisotopic (exact) mass is 298 g/mol. The van der Waals surface area contributed by atoms with Crippen molar-refractivity contribution in [2.45, 2.75) is 68.2 Å². The fourth-order valence-electron chi connectivity index (χ4n) is 4.33. The van der Waals surface area contributed by atoms with E-state index < -0.39 is 0 Å². The quantitative estimate of drug-likeness (QED) is 0.802. The molecule has 0 aromatic rings. The Hall–Kier alpha value is -0.0600. The van der Waals surface area contributed by atoms with Crippen LogP contribution >= 0.6 is 11.8 Å². The molecule has 3 rings (SSSR count). The third-order valence-corrected chi connectivity index (χ3v) is 7.02. The molecule has 0 spiro atoms. The number of thioether (sulfide) groups is 1. The highest BCUT2D eigenvalue weighted by molar-refractivity contribution is 8.00. The Morgan fingerprint density at radius 3 is 2.80 bits per heavy atom. The fraction of sp³-hybridized carbons (Fsp3) is 0.938. The number of rotatable bonds is 3. The third kappa shape index (κ3) is 2.67. The standard InChI is InChI=1S/C16H26O3S/c1-3-19-10-7-8-11-14(9-10)20-13-6-4-5-12(18-2)15(13)16(11)17/h10-15H,3-9H2,1-2H3. The van der Waals surface area contributed by atoms with Crippen LogP contribution in [0.25, 0.3) is 0 Å². The maximum atomic E-state index is 12.9. The molecule has 0 N–H and O–H groups in total. The Morgan fingerprint density at radius 1 is 1.20 bits per heavy atom. The average Bonchev–Trinajstić information content (AvgIpc) is 2.47. The molecule has 20 heavy (non-hydrogen) atoms. The van der Waals surface area contributed by atoms with Gasteiger partial charge in [0.2, 0.25) is 0 Å². The molecule has 0 radical (unpaired) electrons. The van der Waals surface area contributed by atoms with Gasteiger partial charge in [0.15, 0.2) is 0 Å². The van der Waals surface area contributed by atoms with E-state index in [9.17, 15) is 4.79 Å². The molecule has 1 aliphatic heterocycles. The molecule has 6 atom stereocenters. The second kappa shape index (κ2) is 6.37. The van der Waals surface area contributed by atoms with Crippen molar-refractivity contribution >= 4 is 17.5 Å². The maximum Gasteiger partial charge on any atom is 0.143 e. The summed E-state index contributed by atoms with van der Waals surface area (Å²) in [5, 5.41) is 0.979. The first-order valence-corrected chi connectivity index (χ1v) is 9.02. The van der Waals surface area contributed by atoms with Crippen molar-refractivity contribution in [1.29, 1.82) is 0 Å². The number of Topliss-reactive ketones (excluding diaryl/α,β-unsaturated/α-hetero) is 1. The van der Waals surface area contributed by atoms with Crippen molar-refractivity contribution < 1.29 is 14.3 Å². The highest BCUT2D eigenvalue weighted by Crippen LogP contribution is 2.49. The Kier molecular flexibility index (Phi) is 4.73. The van der Waals surface area contributed by atoms with E-state index in [2.05, 4.69) is 18.7 Å². The molecule has 6 unspecified atom stereocenters. The van der Waals surface area contributed by atoms with Crippen molar-refractivity contribution in [1.82, 2.24) is 0 Å². The van der Waals surface area contributed by atoms with E-state index in [0.29, 0.717) is 22.4 Å². The molecule has 3 nitrogen and oxygen atoms in total. The van der Waals surface area contributed by atoms with Gasteiger partial charge in [0, 0.05) is 30.1 Å². The van der Waals surface area contributed by atoms with E-state index in [4.69, 9.17) is 9.47 Å². The number of carbonyl (C=O) groups is 1. The Morgan fingerprint density at radius 2 is 2.05 bits per heavy atom. The number of ketones is 1. The Balaban J connectivity index is 1.72. The summed E-state index contributed by atoms with van der Waals surface area (Å²) < 4.78 is 11.4. The van der Waals surface area contributed by atoms with Gasteiger partial charge in [-0.05, 0) is 45.4 Å². The molecule has 114 valence electrons. The van der Waals surface area contributed by atoms with Gasteiger partial charge in [-0.25, -0.2) is 0 Å². The SMILES string of the molecule is CCOC1CCC2C(=O)C3C(OC)CCCC3SC2C1. The minimum atomic E-state index is 0.156. The van der Waals surface area contributed by atoms with Gasteiger partial charge < -0.3 is 9.47 Å². The first kappa shape index (κ1) is 14.9. The summed E-state index contributed by atoms with van der Waals surface area (Å²) >= 11 is 2.07. The number of ether oxygens (including phenoxy) is 2.